The topological polar surface area (TPSA) is 40.9 Å². The fourth-order valence-electron chi connectivity index (χ4n) is 2.02. The Bertz CT molecular complexity index is 732. The number of hydrogen-bond donors (Lipinski definition) is 0. The van der Waals surface area contributed by atoms with Gasteiger partial charge >= 0.3 is 0 Å². The molecule has 2 aromatic rings. The predicted molar refractivity (Wildman–Crippen MR) is 77.9 cm³/mol. The highest BCUT2D eigenvalue weighted by Crippen LogP contribution is 2.28. The first-order valence-corrected chi connectivity index (χ1v) is 6.88. The summed E-state index contributed by atoms with van der Waals surface area (Å²) in [4.78, 5) is 12.5. The number of rotatable bonds is 3. The molecule has 0 aliphatic rings. The van der Waals surface area contributed by atoms with E-state index in [1.807, 2.05) is 19.1 Å². The molecule has 0 spiro atoms. The normalized spacial score (nSPS) is 11.8. The first-order chi connectivity index (χ1) is 9.93. The average molecular weight is 350 g/mol. The second-order valence-electron chi connectivity index (χ2n) is 4.57. The molecule has 21 heavy (non-hydrogen) atoms. The van der Waals surface area contributed by atoms with E-state index in [1.54, 1.807) is 12.1 Å². The molecule has 1 unspecified atom stereocenters. The molecule has 0 fully saturated rings. The van der Waals surface area contributed by atoms with Crippen molar-refractivity contribution in [2.24, 2.45) is 0 Å². The van der Waals surface area contributed by atoms with Crippen molar-refractivity contribution < 1.29 is 13.6 Å². The van der Waals surface area contributed by atoms with Crippen LogP contribution in [0.15, 0.2) is 40.9 Å². The SMILES string of the molecule is Cc1cccc(C(=O)C(C#N)c2cc(F)cc(F)c2)c1Br. The minimum Gasteiger partial charge on any atom is -0.292 e. The van der Waals surface area contributed by atoms with Crippen molar-refractivity contribution >= 4 is 21.7 Å². The van der Waals surface area contributed by atoms with Crippen LogP contribution in [0, 0.1) is 29.9 Å². The lowest BCUT2D eigenvalue weighted by atomic mass is 9.91. The Morgan fingerprint density at radius 2 is 1.86 bits per heavy atom. The van der Waals surface area contributed by atoms with Crippen molar-refractivity contribution in [1.29, 1.82) is 5.26 Å². The maximum atomic E-state index is 13.3. The molecule has 2 aromatic carbocycles. The lowest BCUT2D eigenvalue weighted by Gasteiger charge is -2.11. The van der Waals surface area contributed by atoms with Crippen LogP contribution >= 0.6 is 15.9 Å². The summed E-state index contributed by atoms with van der Waals surface area (Å²) in [7, 11) is 0. The van der Waals surface area contributed by atoms with E-state index in [9.17, 15) is 18.8 Å². The van der Waals surface area contributed by atoms with Crippen LogP contribution in [0.1, 0.15) is 27.4 Å². The molecule has 106 valence electrons. The van der Waals surface area contributed by atoms with E-state index < -0.39 is 23.3 Å². The average Bonchev–Trinajstić information content (AvgIpc) is 2.41. The van der Waals surface area contributed by atoms with Gasteiger partial charge in [-0.05, 0) is 46.1 Å². The third kappa shape index (κ3) is 3.17. The van der Waals surface area contributed by atoms with Gasteiger partial charge < -0.3 is 0 Å². The van der Waals surface area contributed by atoms with Crippen LogP contribution in [0.3, 0.4) is 0 Å². The second-order valence-corrected chi connectivity index (χ2v) is 5.36. The Balaban J connectivity index is 2.49. The van der Waals surface area contributed by atoms with Crippen molar-refractivity contribution in [3.8, 4) is 6.07 Å². The minimum atomic E-state index is -1.26. The standard InChI is InChI=1S/C16H10BrF2NO/c1-9-3-2-4-13(15(9)17)16(21)14(8-20)10-5-11(18)7-12(19)6-10/h2-7,14H,1H3. The van der Waals surface area contributed by atoms with E-state index in [1.165, 1.54) is 0 Å². The minimum absolute atomic E-state index is 0.00778. The predicted octanol–water partition coefficient (Wildman–Crippen LogP) is 4.53. The highest BCUT2D eigenvalue weighted by atomic mass is 79.9. The van der Waals surface area contributed by atoms with Crippen LogP contribution in [-0.4, -0.2) is 5.78 Å². The molecule has 0 bridgehead atoms. The number of nitrogens with zero attached hydrogens (tertiary/aromatic N) is 1. The first-order valence-electron chi connectivity index (χ1n) is 6.09. The number of carbonyl (C=O) groups is 1. The zero-order valence-corrected chi connectivity index (χ0v) is 12.6. The number of ketones is 1. The Morgan fingerprint density at radius 1 is 1.24 bits per heavy atom. The summed E-state index contributed by atoms with van der Waals surface area (Å²) in [6.45, 7) is 1.81. The smallest absolute Gasteiger partial charge is 0.185 e. The highest BCUT2D eigenvalue weighted by molar-refractivity contribution is 9.10. The van der Waals surface area contributed by atoms with E-state index in [2.05, 4.69) is 15.9 Å². The fourth-order valence-corrected chi connectivity index (χ4v) is 2.48. The lowest BCUT2D eigenvalue weighted by molar-refractivity contribution is 0.0978. The Hall–Kier alpha value is -2.06. The zero-order valence-electron chi connectivity index (χ0n) is 11.0. The molecule has 0 N–H and O–H groups in total. The largest absolute Gasteiger partial charge is 0.292 e. The highest BCUT2D eigenvalue weighted by Gasteiger charge is 2.25. The molecule has 2 rings (SSSR count). The lowest BCUT2D eigenvalue weighted by Crippen LogP contribution is -2.13. The Morgan fingerprint density at radius 3 is 2.43 bits per heavy atom. The monoisotopic (exact) mass is 349 g/mol. The van der Waals surface area contributed by atoms with Crippen molar-refractivity contribution in [2.75, 3.05) is 0 Å². The van der Waals surface area contributed by atoms with Crippen molar-refractivity contribution in [3.63, 3.8) is 0 Å². The molecule has 0 heterocycles. The van der Waals surface area contributed by atoms with Gasteiger partial charge in [-0.15, -0.1) is 0 Å². The number of Topliss-reactive ketones (excluding diaryl/α,β-unsaturated/α-hetero) is 1. The maximum absolute atomic E-state index is 13.3. The number of carbonyl (C=O) groups excluding carboxylic acids is 1. The van der Waals surface area contributed by atoms with Crippen LogP contribution in [0.4, 0.5) is 8.78 Å². The summed E-state index contributed by atoms with van der Waals surface area (Å²) >= 11 is 3.30. The maximum Gasteiger partial charge on any atom is 0.185 e. The van der Waals surface area contributed by atoms with Crippen LogP contribution < -0.4 is 0 Å². The molecule has 0 saturated carbocycles. The van der Waals surface area contributed by atoms with E-state index >= 15 is 0 Å². The van der Waals surface area contributed by atoms with E-state index in [0.29, 0.717) is 16.1 Å². The van der Waals surface area contributed by atoms with E-state index in [0.717, 1.165) is 17.7 Å². The fraction of sp³-hybridized carbons (Fsp3) is 0.125. The second kappa shape index (κ2) is 6.15. The molecule has 0 amide bonds. The summed E-state index contributed by atoms with van der Waals surface area (Å²) in [6.07, 6.45) is 0. The van der Waals surface area contributed by atoms with Crippen molar-refractivity contribution in [1.82, 2.24) is 0 Å². The summed E-state index contributed by atoms with van der Waals surface area (Å²) in [5, 5.41) is 9.22. The van der Waals surface area contributed by atoms with Gasteiger partial charge in [0, 0.05) is 16.1 Å². The first kappa shape index (κ1) is 15.3. The Labute approximate surface area is 129 Å². The number of benzene rings is 2. The molecule has 2 nitrogen and oxygen atoms in total. The molecular formula is C16H10BrF2NO. The molecule has 0 aliphatic carbocycles. The van der Waals surface area contributed by atoms with Crippen LogP contribution in [0.25, 0.3) is 0 Å². The summed E-state index contributed by atoms with van der Waals surface area (Å²) in [5.41, 5.74) is 1.16. The van der Waals surface area contributed by atoms with Gasteiger partial charge in [0.25, 0.3) is 0 Å². The quantitative estimate of drug-likeness (QED) is 0.764. The summed E-state index contributed by atoms with van der Waals surface area (Å²) < 4.78 is 27.1. The third-order valence-corrected chi connectivity index (χ3v) is 4.12. The van der Waals surface area contributed by atoms with Gasteiger partial charge in [-0.1, -0.05) is 18.2 Å². The molecule has 0 aromatic heterocycles. The van der Waals surface area contributed by atoms with E-state index in [4.69, 9.17) is 0 Å². The number of hydrogen-bond acceptors (Lipinski definition) is 2. The van der Waals surface area contributed by atoms with Gasteiger partial charge in [0.05, 0.1) is 6.07 Å². The van der Waals surface area contributed by atoms with Crippen LogP contribution in [0.5, 0.6) is 0 Å². The van der Waals surface area contributed by atoms with Gasteiger partial charge in [0.1, 0.15) is 17.6 Å². The molecule has 0 saturated heterocycles. The van der Waals surface area contributed by atoms with Gasteiger partial charge in [0.2, 0.25) is 0 Å². The van der Waals surface area contributed by atoms with Crippen molar-refractivity contribution in [3.05, 3.63) is 69.2 Å². The molecule has 0 aliphatic heterocycles. The number of nitriles is 1. The molecule has 1 atom stereocenters. The third-order valence-electron chi connectivity index (χ3n) is 3.07. The van der Waals surface area contributed by atoms with Crippen molar-refractivity contribution in [2.45, 2.75) is 12.8 Å². The van der Waals surface area contributed by atoms with E-state index in [-0.39, 0.29) is 5.56 Å². The molecule has 0 radical (unpaired) electrons. The zero-order chi connectivity index (χ0) is 15.6. The molecule has 5 heteroatoms. The molecular weight excluding hydrogens is 340 g/mol. The van der Waals surface area contributed by atoms with Gasteiger partial charge in [-0.2, -0.15) is 5.26 Å². The number of halogens is 3. The van der Waals surface area contributed by atoms with Crippen LogP contribution in [0.2, 0.25) is 0 Å². The Kier molecular flexibility index (Phi) is 4.49. The van der Waals surface area contributed by atoms with Gasteiger partial charge in [0.15, 0.2) is 5.78 Å². The number of aryl methyl sites for hydroxylation is 1. The van der Waals surface area contributed by atoms with Crippen LogP contribution in [-0.2, 0) is 0 Å². The van der Waals surface area contributed by atoms with Gasteiger partial charge in [-0.25, -0.2) is 8.78 Å². The summed E-state index contributed by atoms with van der Waals surface area (Å²) in [6, 6.07) is 9.58. The van der Waals surface area contributed by atoms with Gasteiger partial charge in [-0.3, -0.25) is 4.79 Å². The summed E-state index contributed by atoms with van der Waals surface area (Å²) in [5.74, 6) is -3.39.